The normalized spacial score (nSPS) is 13.1. The maximum Gasteiger partial charge on any atom is 0.134 e. The van der Waals surface area contributed by atoms with Gasteiger partial charge in [-0.3, -0.25) is 0 Å². The standard InChI is InChI=1S/C27H18O/c1-3-11-22-18(7-1)9-5-12-23(22)24-13-6-10-19-15-21(16-25(19)24)27-17-20-8-2-4-14-26(20)28-27/h1-15,17H,16H2. The van der Waals surface area contributed by atoms with Crippen molar-refractivity contribution in [1.29, 1.82) is 0 Å². The molecule has 0 unspecified atom stereocenters. The number of hydrogen-bond donors (Lipinski definition) is 0. The van der Waals surface area contributed by atoms with Crippen molar-refractivity contribution >= 4 is 33.4 Å². The van der Waals surface area contributed by atoms with Crippen LogP contribution in [-0.4, -0.2) is 0 Å². The molecule has 1 aromatic heterocycles. The summed E-state index contributed by atoms with van der Waals surface area (Å²) in [6, 6.07) is 32.2. The summed E-state index contributed by atoms with van der Waals surface area (Å²) in [5.74, 6) is 0.973. The van der Waals surface area contributed by atoms with Crippen molar-refractivity contribution in [3.8, 4) is 11.1 Å². The summed E-state index contributed by atoms with van der Waals surface area (Å²) >= 11 is 0. The summed E-state index contributed by atoms with van der Waals surface area (Å²) in [6.07, 6.45) is 3.18. The van der Waals surface area contributed by atoms with Crippen LogP contribution in [0.15, 0.2) is 95.4 Å². The quantitative estimate of drug-likeness (QED) is 0.321. The summed E-state index contributed by atoms with van der Waals surface area (Å²) in [5.41, 5.74) is 7.49. The first-order valence-electron chi connectivity index (χ1n) is 9.66. The highest BCUT2D eigenvalue weighted by molar-refractivity contribution is 6.00. The summed E-state index contributed by atoms with van der Waals surface area (Å²) in [6.45, 7) is 0. The molecule has 0 aliphatic heterocycles. The van der Waals surface area contributed by atoms with Gasteiger partial charge in [-0.1, -0.05) is 78.9 Å². The number of para-hydroxylation sites is 1. The van der Waals surface area contributed by atoms with Crippen molar-refractivity contribution in [3.05, 3.63) is 108 Å². The molecule has 0 atom stereocenters. The first kappa shape index (κ1) is 15.5. The lowest BCUT2D eigenvalue weighted by Crippen LogP contribution is -1.91. The second-order valence-electron chi connectivity index (χ2n) is 7.39. The van der Waals surface area contributed by atoms with E-state index in [1.54, 1.807) is 0 Å². The molecule has 0 amide bonds. The van der Waals surface area contributed by atoms with Gasteiger partial charge < -0.3 is 4.42 Å². The van der Waals surface area contributed by atoms with Gasteiger partial charge in [-0.15, -0.1) is 0 Å². The Kier molecular flexibility index (Phi) is 3.30. The van der Waals surface area contributed by atoms with Crippen LogP contribution >= 0.6 is 0 Å². The minimum atomic E-state index is 0.897. The number of hydrogen-bond acceptors (Lipinski definition) is 1. The molecule has 1 heteroatoms. The van der Waals surface area contributed by atoms with Gasteiger partial charge in [-0.25, -0.2) is 0 Å². The molecule has 1 nitrogen and oxygen atoms in total. The topological polar surface area (TPSA) is 13.1 Å². The van der Waals surface area contributed by atoms with Crippen molar-refractivity contribution < 1.29 is 4.42 Å². The van der Waals surface area contributed by atoms with E-state index in [0.29, 0.717) is 0 Å². The van der Waals surface area contributed by atoms with Gasteiger partial charge in [0.2, 0.25) is 0 Å². The third-order valence-electron chi connectivity index (χ3n) is 5.73. The molecule has 1 aliphatic carbocycles. The van der Waals surface area contributed by atoms with Gasteiger partial charge in [0.05, 0.1) is 0 Å². The summed E-state index contributed by atoms with van der Waals surface area (Å²) < 4.78 is 6.13. The second kappa shape index (κ2) is 5.97. The van der Waals surface area contributed by atoms with E-state index in [0.717, 1.165) is 23.2 Å². The van der Waals surface area contributed by atoms with Gasteiger partial charge in [-0.05, 0) is 56.8 Å². The van der Waals surface area contributed by atoms with E-state index in [9.17, 15) is 0 Å². The zero-order valence-electron chi connectivity index (χ0n) is 15.4. The highest BCUT2D eigenvalue weighted by atomic mass is 16.3. The predicted octanol–water partition coefficient (Wildman–Crippen LogP) is 7.35. The van der Waals surface area contributed by atoms with Crippen LogP contribution < -0.4 is 0 Å². The zero-order chi connectivity index (χ0) is 18.5. The van der Waals surface area contributed by atoms with Gasteiger partial charge in [0.25, 0.3) is 0 Å². The Morgan fingerprint density at radius 3 is 2.32 bits per heavy atom. The number of allylic oxidation sites excluding steroid dienone is 1. The van der Waals surface area contributed by atoms with E-state index in [1.807, 2.05) is 12.1 Å². The number of fused-ring (bicyclic) bond motifs is 3. The monoisotopic (exact) mass is 358 g/mol. The van der Waals surface area contributed by atoms with E-state index in [2.05, 4.69) is 84.9 Å². The minimum Gasteiger partial charge on any atom is -0.456 e. The average Bonchev–Trinajstić information content (AvgIpc) is 3.37. The minimum absolute atomic E-state index is 0.897. The van der Waals surface area contributed by atoms with E-state index in [4.69, 9.17) is 4.42 Å². The van der Waals surface area contributed by atoms with Crippen LogP contribution in [0.5, 0.6) is 0 Å². The molecule has 1 heterocycles. The largest absolute Gasteiger partial charge is 0.456 e. The lowest BCUT2D eigenvalue weighted by molar-refractivity contribution is 0.598. The van der Waals surface area contributed by atoms with Crippen LogP contribution in [0.4, 0.5) is 0 Å². The highest BCUT2D eigenvalue weighted by Crippen LogP contribution is 2.40. The van der Waals surface area contributed by atoms with Crippen molar-refractivity contribution in [1.82, 2.24) is 0 Å². The van der Waals surface area contributed by atoms with E-state index < -0.39 is 0 Å². The molecule has 5 aromatic rings. The van der Waals surface area contributed by atoms with Crippen molar-refractivity contribution in [3.63, 3.8) is 0 Å². The first-order valence-corrected chi connectivity index (χ1v) is 9.66. The van der Waals surface area contributed by atoms with Crippen LogP contribution in [0.1, 0.15) is 16.9 Å². The maximum absolute atomic E-state index is 6.13. The smallest absolute Gasteiger partial charge is 0.134 e. The van der Waals surface area contributed by atoms with Gasteiger partial charge in [0, 0.05) is 11.8 Å². The molecule has 0 saturated carbocycles. The number of furan rings is 1. The fourth-order valence-corrected chi connectivity index (χ4v) is 4.38. The highest BCUT2D eigenvalue weighted by Gasteiger charge is 2.21. The third kappa shape index (κ3) is 2.33. The lowest BCUT2D eigenvalue weighted by atomic mass is 9.92. The molecular weight excluding hydrogens is 340 g/mol. The van der Waals surface area contributed by atoms with Crippen LogP contribution in [0.25, 0.3) is 44.5 Å². The molecule has 0 fully saturated rings. The second-order valence-corrected chi connectivity index (χ2v) is 7.39. The third-order valence-corrected chi connectivity index (χ3v) is 5.73. The lowest BCUT2D eigenvalue weighted by Gasteiger charge is -2.12. The van der Waals surface area contributed by atoms with E-state index >= 15 is 0 Å². The Hall–Kier alpha value is -3.58. The van der Waals surface area contributed by atoms with Crippen molar-refractivity contribution in [2.75, 3.05) is 0 Å². The molecule has 0 saturated heterocycles. The molecule has 1 aliphatic rings. The van der Waals surface area contributed by atoms with Gasteiger partial charge >= 0.3 is 0 Å². The molecular formula is C27H18O. The fraction of sp³-hybridized carbons (Fsp3) is 0.0370. The van der Waals surface area contributed by atoms with Gasteiger partial charge in [0.15, 0.2) is 0 Å². The fourth-order valence-electron chi connectivity index (χ4n) is 4.38. The maximum atomic E-state index is 6.13. The molecule has 0 radical (unpaired) electrons. The summed E-state index contributed by atoms with van der Waals surface area (Å²) in [5, 5.41) is 3.74. The predicted molar refractivity (Wildman–Crippen MR) is 117 cm³/mol. The molecule has 28 heavy (non-hydrogen) atoms. The Morgan fingerprint density at radius 1 is 0.643 bits per heavy atom. The first-order chi connectivity index (χ1) is 13.9. The molecule has 132 valence electrons. The Labute approximate surface area is 163 Å². The summed E-state index contributed by atoms with van der Waals surface area (Å²) in [4.78, 5) is 0. The van der Waals surface area contributed by atoms with Crippen LogP contribution in [0, 0.1) is 0 Å². The summed E-state index contributed by atoms with van der Waals surface area (Å²) in [7, 11) is 0. The number of rotatable bonds is 2. The van der Waals surface area contributed by atoms with E-state index in [-0.39, 0.29) is 0 Å². The Balaban J connectivity index is 1.47. The van der Waals surface area contributed by atoms with Gasteiger partial charge in [0.1, 0.15) is 11.3 Å². The van der Waals surface area contributed by atoms with Crippen LogP contribution in [0.3, 0.4) is 0 Å². The molecule has 0 bridgehead atoms. The van der Waals surface area contributed by atoms with Crippen molar-refractivity contribution in [2.24, 2.45) is 0 Å². The van der Waals surface area contributed by atoms with Crippen LogP contribution in [-0.2, 0) is 6.42 Å². The Bertz CT molecular complexity index is 1350. The molecule has 0 spiro atoms. The van der Waals surface area contributed by atoms with Crippen molar-refractivity contribution in [2.45, 2.75) is 6.42 Å². The molecule has 0 N–H and O–H groups in total. The zero-order valence-corrected chi connectivity index (χ0v) is 15.4. The molecule has 4 aromatic carbocycles. The number of benzene rings is 4. The SMILES string of the molecule is C1=C(c2cc3ccccc3o2)Cc2c1cccc2-c1cccc2ccccc12. The van der Waals surface area contributed by atoms with E-state index in [1.165, 1.54) is 38.6 Å². The average molecular weight is 358 g/mol. The van der Waals surface area contributed by atoms with Gasteiger partial charge in [-0.2, -0.15) is 0 Å². The molecule has 6 rings (SSSR count). The van der Waals surface area contributed by atoms with Crippen LogP contribution in [0.2, 0.25) is 0 Å². The Morgan fingerprint density at radius 2 is 1.39 bits per heavy atom.